The zero-order chi connectivity index (χ0) is 17.1. The zero-order valence-corrected chi connectivity index (χ0v) is 15.2. The summed E-state index contributed by atoms with van der Waals surface area (Å²) in [7, 11) is 2.22. The van der Waals surface area contributed by atoms with Gasteiger partial charge >= 0.3 is 0 Å². The van der Waals surface area contributed by atoms with Gasteiger partial charge in [0.15, 0.2) is 0 Å². The van der Waals surface area contributed by atoms with Gasteiger partial charge in [-0.05, 0) is 87.5 Å². The fourth-order valence-electron chi connectivity index (χ4n) is 4.35. The molecule has 0 spiro atoms. The van der Waals surface area contributed by atoms with Crippen LogP contribution in [0.2, 0.25) is 0 Å². The van der Waals surface area contributed by atoms with Crippen LogP contribution >= 0.6 is 0 Å². The van der Waals surface area contributed by atoms with Crippen molar-refractivity contribution in [3.63, 3.8) is 0 Å². The van der Waals surface area contributed by atoms with Crippen molar-refractivity contribution in [1.82, 2.24) is 9.88 Å². The standard InChI is InChI=1S/C22H28N2O/c1-24-14-6-7-17(15-24)16-25-22-12-11-19(21-10-4-5-13-23-21)18-8-2-3-9-20(18)22/h4-5,10-13,17H,2-3,6-9,14-16H2,1H3. The highest BCUT2D eigenvalue weighted by molar-refractivity contribution is 5.68. The molecule has 1 aliphatic heterocycles. The Morgan fingerprint density at radius 3 is 2.76 bits per heavy atom. The van der Waals surface area contributed by atoms with Crippen LogP contribution in [-0.4, -0.2) is 36.6 Å². The van der Waals surface area contributed by atoms with Crippen LogP contribution < -0.4 is 4.74 Å². The van der Waals surface area contributed by atoms with E-state index in [0.717, 1.165) is 37.4 Å². The van der Waals surface area contributed by atoms with Crippen molar-refractivity contribution >= 4 is 0 Å². The highest BCUT2D eigenvalue weighted by atomic mass is 16.5. The summed E-state index contributed by atoms with van der Waals surface area (Å²) in [5.74, 6) is 1.77. The Morgan fingerprint density at radius 2 is 1.96 bits per heavy atom. The summed E-state index contributed by atoms with van der Waals surface area (Å²) in [4.78, 5) is 7.00. The van der Waals surface area contributed by atoms with Crippen LogP contribution in [0.25, 0.3) is 11.3 Å². The van der Waals surface area contributed by atoms with Crippen molar-refractivity contribution in [3.8, 4) is 17.0 Å². The molecule has 2 heterocycles. The lowest BCUT2D eigenvalue weighted by Crippen LogP contribution is -2.34. The van der Waals surface area contributed by atoms with Gasteiger partial charge in [0.05, 0.1) is 12.3 Å². The van der Waals surface area contributed by atoms with Crippen LogP contribution in [0.3, 0.4) is 0 Å². The fourth-order valence-corrected chi connectivity index (χ4v) is 4.35. The fraction of sp³-hybridized carbons (Fsp3) is 0.500. The largest absolute Gasteiger partial charge is 0.493 e. The van der Waals surface area contributed by atoms with Gasteiger partial charge in [-0.1, -0.05) is 6.07 Å². The predicted octanol–water partition coefficient (Wildman–Crippen LogP) is 4.35. The molecule has 0 saturated carbocycles. The smallest absolute Gasteiger partial charge is 0.122 e. The van der Waals surface area contributed by atoms with Crippen LogP contribution in [0.4, 0.5) is 0 Å². The van der Waals surface area contributed by atoms with Gasteiger partial charge in [-0.25, -0.2) is 0 Å². The summed E-state index contributed by atoms with van der Waals surface area (Å²) < 4.78 is 6.34. The topological polar surface area (TPSA) is 25.4 Å². The molecule has 1 aliphatic carbocycles. The molecule has 25 heavy (non-hydrogen) atoms. The van der Waals surface area contributed by atoms with Gasteiger partial charge in [0.1, 0.15) is 5.75 Å². The molecule has 0 N–H and O–H groups in total. The first-order valence-electron chi connectivity index (χ1n) is 9.69. The van der Waals surface area contributed by atoms with Crippen LogP contribution in [-0.2, 0) is 12.8 Å². The van der Waals surface area contributed by atoms with Crippen molar-refractivity contribution in [2.75, 3.05) is 26.7 Å². The molecule has 0 amide bonds. The Morgan fingerprint density at radius 1 is 1.08 bits per heavy atom. The molecule has 3 heteroatoms. The van der Waals surface area contributed by atoms with Crippen LogP contribution in [0.5, 0.6) is 5.75 Å². The lowest BCUT2D eigenvalue weighted by Gasteiger charge is -2.30. The summed E-state index contributed by atoms with van der Waals surface area (Å²) in [6, 6.07) is 10.6. The van der Waals surface area contributed by atoms with E-state index >= 15 is 0 Å². The Bertz CT molecular complexity index is 713. The number of aromatic nitrogens is 1. The predicted molar refractivity (Wildman–Crippen MR) is 102 cm³/mol. The minimum atomic E-state index is 0.661. The van der Waals surface area contributed by atoms with Crippen molar-refractivity contribution in [2.24, 2.45) is 5.92 Å². The first-order chi connectivity index (χ1) is 12.3. The molecule has 1 atom stereocenters. The van der Waals surface area contributed by atoms with E-state index in [9.17, 15) is 0 Å². The minimum Gasteiger partial charge on any atom is -0.493 e. The number of likely N-dealkylation sites (tertiary alicyclic amines) is 1. The molecule has 3 nitrogen and oxygen atoms in total. The third-order valence-corrected chi connectivity index (χ3v) is 5.63. The van der Waals surface area contributed by atoms with E-state index < -0.39 is 0 Å². The van der Waals surface area contributed by atoms with E-state index in [1.807, 2.05) is 12.3 Å². The number of nitrogens with zero attached hydrogens (tertiary/aromatic N) is 2. The number of piperidine rings is 1. The van der Waals surface area contributed by atoms with Gasteiger partial charge in [-0.2, -0.15) is 0 Å². The first-order valence-corrected chi connectivity index (χ1v) is 9.69. The Hall–Kier alpha value is -1.87. The van der Waals surface area contributed by atoms with E-state index in [2.05, 4.69) is 41.2 Å². The second-order valence-electron chi connectivity index (χ2n) is 7.57. The molecular formula is C22H28N2O. The van der Waals surface area contributed by atoms with Gasteiger partial charge < -0.3 is 9.64 Å². The number of ether oxygens (including phenoxy) is 1. The maximum absolute atomic E-state index is 6.34. The number of pyridine rings is 1. The molecule has 0 radical (unpaired) electrons. The van der Waals surface area contributed by atoms with Gasteiger partial charge in [-0.15, -0.1) is 0 Å². The minimum absolute atomic E-state index is 0.661. The second kappa shape index (κ2) is 7.57. The second-order valence-corrected chi connectivity index (χ2v) is 7.57. The summed E-state index contributed by atoms with van der Waals surface area (Å²) in [6.45, 7) is 3.23. The molecule has 1 saturated heterocycles. The average molecular weight is 336 g/mol. The number of hydrogen-bond acceptors (Lipinski definition) is 3. The highest BCUT2D eigenvalue weighted by Crippen LogP contribution is 2.36. The summed E-state index contributed by atoms with van der Waals surface area (Å²) >= 11 is 0. The van der Waals surface area contributed by atoms with E-state index in [1.54, 1.807) is 0 Å². The van der Waals surface area contributed by atoms with Gasteiger partial charge in [0.2, 0.25) is 0 Å². The normalized spacial score (nSPS) is 20.9. The van der Waals surface area contributed by atoms with Crippen molar-refractivity contribution in [3.05, 3.63) is 47.7 Å². The lowest BCUT2D eigenvalue weighted by atomic mass is 9.86. The van der Waals surface area contributed by atoms with E-state index in [-0.39, 0.29) is 0 Å². The maximum atomic E-state index is 6.34. The SMILES string of the molecule is CN1CCCC(COc2ccc(-c3ccccn3)c3c2CCCC3)C1. The number of rotatable bonds is 4. The first kappa shape index (κ1) is 16.6. The van der Waals surface area contributed by atoms with Gasteiger partial charge in [0, 0.05) is 24.2 Å². The van der Waals surface area contributed by atoms with Gasteiger partial charge in [-0.3, -0.25) is 4.98 Å². The maximum Gasteiger partial charge on any atom is 0.122 e. The quantitative estimate of drug-likeness (QED) is 0.830. The Labute approximate surface area is 151 Å². The molecule has 132 valence electrons. The molecule has 2 aliphatic rings. The van der Waals surface area contributed by atoms with Crippen molar-refractivity contribution in [1.29, 1.82) is 0 Å². The Kier molecular flexibility index (Phi) is 5.02. The van der Waals surface area contributed by atoms with E-state index in [0.29, 0.717) is 5.92 Å². The van der Waals surface area contributed by atoms with Gasteiger partial charge in [0.25, 0.3) is 0 Å². The summed E-state index contributed by atoms with van der Waals surface area (Å²) in [6.07, 6.45) is 9.28. The molecule has 0 bridgehead atoms. The molecule has 1 unspecified atom stereocenters. The van der Waals surface area contributed by atoms with E-state index in [4.69, 9.17) is 4.74 Å². The van der Waals surface area contributed by atoms with Crippen LogP contribution in [0.15, 0.2) is 36.5 Å². The van der Waals surface area contributed by atoms with Crippen LogP contribution in [0.1, 0.15) is 36.8 Å². The molecule has 4 rings (SSSR count). The molecular weight excluding hydrogens is 308 g/mol. The number of fused-ring (bicyclic) bond motifs is 1. The van der Waals surface area contributed by atoms with E-state index in [1.165, 1.54) is 48.9 Å². The molecule has 1 aromatic carbocycles. The number of hydrogen-bond donors (Lipinski definition) is 0. The molecule has 2 aromatic rings. The summed E-state index contributed by atoms with van der Waals surface area (Å²) in [5, 5.41) is 0. The Balaban J connectivity index is 1.57. The zero-order valence-electron chi connectivity index (χ0n) is 15.2. The average Bonchev–Trinajstić information content (AvgIpc) is 2.67. The number of benzene rings is 1. The lowest BCUT2D eigenvalue weighted by molar-refractivity contribution is 0.149. The highest BCUT2D eigenvalue weighted by Gasteiger charge is 2.21. The van der Waals surface area contributed by atoms with Crippen LogP contribution in [0, 0.1) is 5.92 Å². The summed E-state index contributed by atoms with van der Waals surface area (Å²) in [5.41, 5.74) is 5.27. The molecule has 1 fully saturated rings. The molecule has 1 aromatic heterocycles. The third-order valence-electron chi connectivity index (χ3n) is 5.63. The third kappa shape index (κ3) is 3.72. The van der Waals surface area contributed by atoms with Crippen molar-refractivity contribution in [2.45, 2.75) is 38.5 Å². The monoisotopic (exact) mass is 336 g/mol. The van der Waals surface area contributed by atoms with Crippen molar-refractivity contribution < 1.29 is 4.74 Å².